The van der Waals surface area contributed by atoms with E-state index in [4.69, 9.17) is 22.1 Å². The van der Waals surface area contributed by atoms with Gasteiger partial charge in [0.1, 0.15) is 5.75 Å². The fourth-order valence-corrected chi connectivity index (χ4v) is 1.82. The van der Waals surface area contributed by atoms with Crippen molar-refractivity contribution in [2.75, 3.05) is 12.4 Å². The van der Waals surface area contributed by atoms with Crippen molar-refractivity contribution >= 4 is 23.2 Å². The number of anilines is 1. The van der Waals surface area contributed by atoms with Crippen LogP contribution in [0.3, 0.4) is 0 Å². The zero-order chi connectivity index (χ0) is 12.3. The molecule has 0 aromatic heterocycles. The van der Waals surface area contributed by atoms with Gasteiger partial charge in [0, 0.05) is 23.6 Å². The number of carbonyl (C=O) groups is 1. The van der Waals surface area contributed by atoms with Gasteiger partial charge in [-0.3, -0.25) is 4.79 Å². The topological polar surface area (TPSA) is 64.3 Å². The number of benzene rings is 1. The van der Waals surface area contributed by atoms with Crippen molar-refractivity contribution in [1.29, 1.82) is 0 Å². The van der Waals surface area contributed by atoms with E-state index in [1.54, 1.807) is 19.1 Å². The molecule has 0 heterocycles. The Bertz CT molecular complexity index is 405. The fraction of sp³-hybridized carbons (Fsp3) is 0.364. The number of ether oxygens (including phenoxy) is 1. The third-order valence-electron chi connectivity index (χ3n) is 2.13. The maximum absolute atomic E-state index is 11.1. The summed E-state index contributed by atoms with van der Waals surface area (Å²) in [7, 11) is 1.53. The molecule has 0 aliphatic rings. The largest absolute Gasteiger partial charge is 0.495 e. The Morgan fingerprint density at radius 3 is 2.62 bits per heavy atom. The highest BCUT2D eigenvalue weighted by atomic mass is 35.5. The minimum atomic E-state index is -0.288. The molecule has 4 nitrogen and oxygen atoms in total. The zero-order valence-electron chi connectivity index (χ0n) is 9.50. The van der Waals surface area contributed by atoms with Gasteiger partial charge in [-0.2, -0.15) is 0 Å². The zero-order valence-corrected chi connectivity index (χ0v) is 10.3. The average Bonchev–Trinajstić information content (AvgIpc) is 2.16. The third kappa shape index (κ3) is 2.65. The van der Waals surface area contributed by atoms with E-state index in [9.17, 15) is 4.79 Å². The van der Waals surface area contributed by atoms with Crippen molar-refractivity contribution in [1.82, 2.24) is 0 Å². The van der Waals surface area contributed by atoms with Crippen molar-refractivity contribution in [3.05, 3.63) is 22.7 Å². The molecule has 1 rings (SSSR count). The second kappa shape index (κ2) is 5.18. The Labute approximate surface area is 99.7 Å². The van der Waals surface area contributed by atoms with Crippen LogP contribution in [0.25, 0.3) is 0 Å². The summed E-state index contributed by atoms with van der Waals surface area (Å²) in [6.45, 7) is 3.22. The van der Waals surface area contributed by atoms with Crippen molar-refractivity contribution in [2.24, 2.45) is 5.73 Å². The molecule has 0 saturated carbocycles. The van der Waals surface area contributed by atoms with E-state index < -0.39 is 0 Å². The van der Waals surface area contributed by atoms with E-state index in [0.717, 1.165) is 0 Å². The molecule has 16 heavy (non-hydrogen) atoms. The summed E-state index contributed by atoms with van der Waals surface area (Å²) in [6, 6.07) is 3.11. The number of nitrogens with one attached hydrogen (secondary N) is 1. The van der Waals surface area contributed by atoms with Gasteiger partial charge in [-0.05, 0) is 19.1 Å². The van der Waals surface area contributed by atoms with Gasteiger partial charge in [0.05, 0.1) is 12.8 Å². The molecule has 0 saturated heterocycles. The van der Waals surface area contributed by atoms with Gasteiger partial charge >= 0.3 is 0 Å². The molecule has 0 aliphatic carbocycles. The molecule has 0 radical (unpaired) electrons. The Morgan fingerprint density at radius 1 is 1.56 bits per heavy atom. The predicted molar refractivity (Wildman–Crippen MR) is 64.9 cm³/mol. The quantitative estimate of drug-likeness (QED) is 0.855. The molecule has 1 unspecified atom stereocenters. The summed E-state index contributed by atoms with van der Waals surface area (Å²) < 4.78 is 5.16. The number of halogens is 1. The van der Waals surface area contributed by atoms with Crippen LogP contribution >= 0.6 is 11.6 Å². The molecule has 0 bridgehead atoms. The number of rotatable bonds is 3. The smallest absolute Gasteiger partial charge is 0.221 e. The average molecular weight is 243 g/mol. The van der Waals surface area contributed by atoms with Crippen LogP contribution in [0.15, 0.2) is 12.1 Å². The molecule has 3 N–H and O–H groups in total. The Kier molecular flexibility index (Phi) is 4.15. The first-order valence-electron chi connectivity index (χ1n) is 4.87. The summed E-state index contributed by atoms with van der Waals surface area (Å²) >= 11 is 6.05. The lowest BCUT2D eigenvalue weighted by molar-refractivity contribution is -0.114. The number of amides is 1. The predicted octanol–water partition coefficient (Wildman–Crippen LogP) is 2.33. The van der Waals surface area contributed by atoms with Crippen molar-refractivity contribution in [3.8, 4) is 5.75 Å². The Morgan fingerprint density at radius 2 is 2.19 bits per heavy atom. The molecule has 1 aromatic carbocycles. The number of methoxy groups -OCH3 is 1. The van der Waals surface area contributed by atoms with Gasteiger partial charge in [0.2, 0.25) is 5.91 Å². The standard InChI is InChI=1S/C11H15ClN2O2/c1-6(13)10-8(12)4-5-9(16-3)11(10)14-7(2)15/h4-6H,13H2,1-3H3,(H,14,15). The fourth-order valence-electron chi connectivity index (χ4n) is 1.49. The maximum Gasteiger partial charge on any atom is 0.221 e. The molecule has 0 aliphatic heterocycles. The normalized spacial score (nSPS) is 12.1. The molecule has 0 spiro atoms. The maximum atomic E-state index is 11.1. The molecule has 5 heteroatoms. The van der Waals surface area contributed by atoms with E-state index in [1.165, 1.54) is 14.0 Å². The highest BCUT2D eigenvalue weighted by Crippen LogP contribution is 2.36. The van der Waals surface area contributed by atoms with Crippen molar-refractivity contribution in [3.63, 3.8) is 0 Å². The highest BCUT2D eigenvalue weighted by molar-refractivity contribution is 6.32. The van der Waals surface area contributed by atoms with E-state index >= 15 is 0 Å². The van der Waals surface area contributed by atoms with Crippen LogP contribution in [0, 0.1) is 0 Å². The third-order valence-corrected chi connectivity index (χ3v) is 2.46. The van der Waals surface area contributed by atoms with Gasteiger partial charge in [-0.15, -0.1) is 0 Å². The first-order valence-corrected chi connectivity index (χ1v) is 5.24. The molecule has 1 atom stereocenters. The van der Waals surface area contributed by atoms with E-state index in [-0.39, 0.29) is 11.9 Å². The van der Waals surface area contributed by atoms with E-state index in [1.807, 2.05) is 0 Å². The Hall–Kier alpha value is -1.26. The second-order valence-electron chi connectivity index (χ2n) is 3.51. The lowest BCUT2D eigenvalue weighted by Gasteiger charge is -2.17. The van der Waals surface area contributed by atoms with Crippen LogP contribution in [-0.2, 0) is 4.79 Å². The minimum absolute atomic E-state index is 0.192. The Balaban J connectivity index is 3.36. The van der Waals surface area contributed by atoms with Crippen LogP contribution in [0.4, 0.5) is 5.69 Å². The molecular formula is C11H15ClN2O2. The summed E-state index contributed by atoms with van der Waals surface area (Å²) in [5.74, 6) is 0.356. The van der Waals surface area contributed by atoms with Crippen LogP contribution in [0.2, 0.25) is 5.02 Å². The SMILES string of the molecule is COc1ccc(Cl)c(C(C)N)c1NC(C)=O. The van der Waals surface area contributed by atoms with Crippen molar-refractivity contribution in [2.45, 2.75) is 19.9 Å². The lowest BCUT2D eigenvalue weighted by atomic mass is 10.1. The van der Waals surface area contributed by atoms with Crippen LogP contribution in [0.5, 0.6) is 5.75 Å². The lowest BCUT2D eigenvalue weighted by Crippen LogP contribution is -2.14. The first-order chi connectivity index (χ1) is 7.47. The summed E-state index contributed by atoms with van der Waals surface area (Å²) in [5.41, 5.74) is 7.04. The summed E-state index contributed by atoms with van der Waals surface area (Å²) in [5, 5.41) is 3.20. The van der Waals surface area contributed by atoms with E-state index in [2.05, 4.69) is 5.32 Å². The number of carbonyl (C=O) groups excluding carboxylic acids is 1. The van der Waals surface area contributed by atoms with Crippen LogP contribution < -0.4 is 15.8 Å². The molecule has 88 valence electrons. The molecule has 1 aromatic rings. The highest BCUT2D eigenvalue weighted by Gasteiger charge is 2.17. The number of hydrogen-bond acceptors (Lipinski definition) is 3. The minimum Gasteiger partial charge on any atom is -0.495 e. The second-order valence-corrected chi connectivity index (χ2v) is 3.92. The molecule has 1 amide bonds. The van der Waals surface area contributed by atoms with Gasteiger partial charge < -0.3 is 15.8 Å². The van der Waals surface area contributed by atoms with Crippen molar-refractivity contribution < 1.29 is 9.53 Å². The number of nitrogens with two attached hydrogens (primary N) is 1. The summed E-state index contributed by atoms with van der Waals surface area (Å²) in [4.78, 5) is 11.1. The van der Waals surface area contributed by atoms with Gasteiger partial charge in [0.15, 0.2) is 0 Å². The van der Waals surface area contributed by atoms with Crippen LogP contribution in [-0.4, -0.2) is 13.0 Å². The van der Waals surface area contributed by atoms with E-state index in [0.29, 0.717) is 22.0 Å². The molecule has 0 fully saturated rings. The van der Waals surface area contributed by atoms with Gasteiger partial charge in [0.25, 0.3) is 0 Å². The summed E-state index contributed by atoms with van der Waals surface area (Å²) in [6.07, 6.45) is 0. The first kappa shape index (κ1) is 12.8. The van der Waals surface area contributed by atoms with Gasteiger partial charge in [-0.1, -0.05) is 11.6 Å². The van der Waals surface area contributed by atoms with Gasteiger partial charge in [-0.25, -0.2) is 0 Å². The molecular weight excluding hydrogens is 228 g/mol. The monoisotopic (exact) mass is 242 g/mol. The number of hydrogen-bond donors (Lipinski definition) is 2. The van der Waals surface area contributed by atoms with Crippen LogP contribution in [0.1, 0.15) is 25.5 Å².